The number of hydrogen-bond acceptors (Lipinski definition) is 3. The zero-order valence-corrected chi connectivity index (χ0v) is 14.3. The van der Waals surface area contributed by atoms with Crippen LogP contribution in [0.4, 0.5) is 5.69 Å². The van der Waals surface area contributed by atoms with Crippen LogP contribution in [0.2, 0.25) is 0 Å². The molecule has 0 aliphatic carbocycles. The molecule has 0 aromatic heterocycles. The summed E-state index contributed by atoms with van der Waals surface area (Å²) in [5, 5.41) is 0. The lowest BCUT2D eigenvalue weighted by Gasteiger charge is -2.24. The molecule has 0 unspecified atom stereocenters. The number of ether oxygens (including phenoxy) is 1. The number of esters is 1. The Bertz CT molecular complexity index is 781. The van der Waals surface area contributed by atoms with Crippen LogP contribution in [0, 0.1) is 0 Å². The molecule has 0 atom stereocenters. The molecule has 0 bridgehead atoms. The van der Waals surface area contributed by atoms with Gasteiger partial charge >= 0.3 is 5.97 Å². The lowest BCUT2D eigenvalue weighted by Crippen LogP contribution is -2.32. The fourth-order valence-electron chi connectivity index (χ4n) is 2.57. The Morgan fingerprint density at radius 3 is 2.36 bits per heavy atom. The van der Waals surface area contributed by atoms with E-state index in [1.165, 1.54) is 7.11 Å². The summed E-state index contributed by atoms with van der Waals surface area (Å²) < 4.78 is 4.77. The van der Waals surface area contributed by atoms with E-state index < -0.39 is 5.97 Å². The van der Waals surface area contributed by atoms with Crippen molar-refractivity contribution in [1.82, 2.24) is 0 Å². The SMILES string of the molecule is C=CCc1cc(C(=O)OC)ccc1N(CC=C)C(=O)c1ccccc1. The van der Waals surface area contributed by atoms with Crippen molar-refractivity contribution in [3.05, 3.63) is 90.5 Å². The molecule has 25 heavy (non-hydrogen) atoms. The summed E-state index contributed by atoms with van der Waals surface area (Å²) in [6, 6.07) is 14.2. The first-order valence-corrected chi connectivity index (χ1v) is 7.92. The minimum Gasteiger partial charge on any atom is -0.465 e. The topological polar surface area (TPSA) is 46.6 Å². The van der Waals surface area contributed by atoms with Crippen LogP contribution >= 0.6 is 0 Å². The molecule has 2 aromatic carbocycles. The highest BCUT2D eigenvalue weighted by atomic mass is 16.5. The highest BCUT2D eigenvalue weighted by Gasteiger charge is 2.20. The van der Waals surface area contributed by atoms with Crippen molar-refractivity contribution in [1.29, 1.82) is 0 Å². The molecule has 2 rings (SSSR count). The van der Waals surface area contributed by atoms with Gasteiger partial charge in [-0.15, -0.1) is 13.2 Å². The number of benzene rings is 2. The molecule has 0 fully saturated rings. The van der Waals surface area contributed by atoms with Crippen LogP contribution in [0.25, 0.3) is 0 Å². The number of rotatable bonds is 7. The van der Waals surface area contributed by atoms with Crippen LogP contribution in [0.15, 0.2) is 73.8 Å². The second kappa shape index (κ2) is 8.64. The molecule has 1 amide bonds. The van der Waals surface area contributed by atoms with Gasteiger partial charge in [0.05, 0.1) is 12.7 Å². The first kappa shape index (κ1) is 18.2. The number of amides is 1. The Labute approximate surface area is 148 Å². The predicted molar refractivity (Wildman–Crippen MR) is 100.0 cm³/mol. The summed E-state index contributed by atoms with van der Waals surface area (Å²) in [6.45, 7) is 7.87. The van der Waals surface area contributed by atoms with Crippen molar-refractivity contribution in [2.24, 2.45) is 0 Å². The maximum absolute atomic E-state index is 12.9. The standard InChI is InChI=1S/C21H21NO3/c1-4-9-17-15-18(21(24)25-3)12-13-19(17)22(14-5-2)20(23)16-10-7-6-8-11-16/h4-8,10-13,15H,1-2,9,14H2,3H3. The van der Waals surface area contributed by atoms with Crippen molar-refractivity contribution in [2.45, 2.75) is 6.42 Å². The van der Waals surface area contributed by atoms with Gasteiger partial charge < -0.3 is 9.64 Å². The second-order valence-corrected chi connectivity index (χ2v) is 5.40. The van der Waals surface area contributed by atoms with E-state index in [-0.39, 0.29) is 5.91 Å². The van der Waals surface area contributed by atoms with Gasteiger partial charge in [-0.3, -0.25) is 4.79 Å². The van der Waals surface area contributed by atoms with Crippen molar-refractivity contribution >= 4 is 17.6 Å². The Kier molecular flexibility index (Phi) is 6.29. The molecule has 4 nitrogen and oxygen atoms in total. The minimum absolute atomic E-state index is 0.128. The Morgan fingerprint density at radius 1 is 1.04 bits per heavy atom. The van der Waals surface area contributed by atoms with Gasteiger partial charge in [0.2, 0.25) is 0 Å². The average molecular weight is 335 g/mol. The minimum atomic E-state index is -0.415. The molecule has 0 saturated heterocycles. The molecule has 0 saturated carbocycles. The monoisotopic (exact) mass is 335 g/mol. The molecule has 0 aliphatic heterocycles. The van der Waals surface area contributed by atoms with E-state index in [9.17, 15) is 9.59 Å². The van der Waals surface area contributed by atoms with E-state index in [1.807, 2.05) is 18.2 Å². The Morgan fingerprint density at radius 2 is 1.76 bits per heavy atom. The maximum Gasteiger partial charge on any atom is 0.337 e. The van der Waals surface area contributed by atoms with E-state index in [0.717, 1.165) is 11.3 Å². The number of allylic oxidation sites excluding steroid dienone is 1. The maximum atomic E-state index is 12.9. The van der Waals surface area contributed by atoms with E-state index >= 15 is 0 Å². The van der Waals surface area contributed by atoms with Gasteiger partial charge in [0.1, 0.15) is 0 Å². The third kappa shape index (κ3) is 4.23. The van der Waals surface area contributed by atoms with Crippen LogP contribution in [0.5, 0.6) is 0 Å². The number of carbonyl (C=O) groups is 2. The summed E-state index contributed by atoms with van der Waals surface area (Å²) in [7, 11) is 1.34. The zero-order valence-electron chi connectivity index (χ0n) is 14.3. The van der Waals surface area contributed by atoms with Gasteiger partial charge in [0.25, 0.3) is 5.91 Å². The second-order valence-electron chi connectivity index (χ2n) is 5.40. The molecular weight excluding hydrogens is 314 g/mol. The molecular formula is C21H21NO3. The van der Waals surface area contributed by atoms with Gasteiger partial charge in [-0.05, 0) is 42.3 Å². The van der Waals surface area contributed by atoms with Gasteiger partial charge in [0.15, 0.2) is 0 Å². The first-order chi connectivity index (χ1) is 12.1. The van der Waals surface area contributed by atoms with Crippen LogP contribution in [0.1, 0.15) is 26.3 Å². The molecule has 128 valence electrons. The van der Waals surface area contributed by atoms with Crippen molar-refractivity contribution < 1.29 is 14.3 Å². The van der Waals surface area contributed by atoms with Crippen LogP contribution < -0.4 is 4.90 Å². The summed E-state index contributed by atoms with van der Waals surface area (Å²) in [6.07, 6.45) is 3.93. The zero-order chi connectivity index (χ0) is 18.2. The number of hydrogen-bond donors (Lipinski definition) is 0. The average Bonchev–Trinajstić information content (AvgIpc) is 2.66. The normalized spacial score (nSPS) is 9.96. The largest absolute Gasteiger partial charge is 0.465 e. The van der Waals surface area contributed by atoms with E-state index in [1.54, 1.807) is 47.4 Å². The lowest BCUT2D eigenvalue weighted by molar-refractivity contribution is 0.0600. The highest BCUT2D eigenvalue weighted by Crippen LogP contribution is 2.25. The lowest BCUT2D eigenvalue weighted by atomic mass is 10.0. The van der Waals surface area contributed by atoms with E-state index in [4.69, 9.17) is 4.74 Å². The van der Waals surface area contributed by atoms with Crippen LogP contribution in [-0.4, -0.2) is 25.5 Å². The fraction of sp³-hybridized carbons (Fsp3) is 0.143. The van der Waals surface area contributed by atoms with Gasteiger partial charge in [-0.25, -0.2) is 4.79 Å². The first-order valence-electron chi connectivity index (χ1n) is 7.92. The van der Waals surface area contributed by atoms with Crippen molar-refractivity contribution in [3.8, 4) is 0 Å². The summed E-state index contributed by atoms with van der Waals surface area (Å²) in [5.74, 6) is -0.543. The number of anilines is 1. The number of nitrogens with zero attached hydrogens (tertiary/aromatic N) is 1. The Balaban J connectivity index is 2.49. The third-order valence-corrected chi connectivity index (χ3v) is 3.73. The molecule has 4 heteroatoms. The third-order valence-electron chi connectivity index (χ3n) is 3.73. The van der Waals surface area contributed by atoms with Crippen molar-refractivity contribution in [2.75, 3.05) is 18.6 Å². The Hall–Kier alpha value is -3.14. The summed E-state index contributed by atoms with van der Waals surface area (Å²) >= 11 is 0. The molecule has 0 heterocycles. The van der Waals surface area contributed by atoms with E-state index in [2.05, 4.69) is 13.2 Å². The summed E-state index contributed by atoms with van der Waals surface area (Å²) in [4.78, 5) is 26.4. The highest BCUT2D eigenvalue weighted by molar-refractivity contribution is 6.07. The molecule has 2 aromatic rings. The van der Waals surface area contributed by atoms with E-state index in [0.29, 0.717) is 24.1 Å². The van der Waals surface area contributed by atoms with Gasteiger partial charge in [0, 0.05) is 17.8 Å². The van der Waals surface area contributed by atoms with Gasteiger partial charge in [-0.2, -0.15) is 0 Å². The molecule has 0 aliphatic rings. The number of methoxy groups -OCH3 is 1. The van der Waals surface area contributed by atoms with Crippen molar-refractivity contribution in [3.63, 3.8) is 0 Å². The summed E-state index contributed by atoms with van der Waals surface area (Å²) in [5.41, 5.74) is 2.57. The molecule has 0 radical (unpaired) electrons. The number of carbonyl (C=O) groups excluding carboxylic acids is 2. The fourth-order valence-corrected chi connectivity index (χ4v) is 2.57. The van der Waals surface area contributed by atoms with Crippen LogP contribution in [0.3, 0.4) is 0 Å². The predicted octanol–water partition coefficient (Wildman–Crippen LogP) is 4.03. The molecule has 0 N–H and O–H groups in total. The van der Waals surface area contributed by atoms with Gasteiger partial charge in [-0.1, -0.05) is 30.4 Å². The quantitative estimate of drug-likeness (QED) is 0.567. The van der Waals surface area contributed by atoms with Crippen LogP contribution in [-0.2, 0) is 11.2 Å². The smallest absolute Gasteiger partial charge is 0.337 e. The molecule has 0 spiro atoms.